The smallest absolute Gasteiger partial charge is 0.340 e. The molecule has 0 aromatic heterocycles. The van der Waals surface area contributed by atoms with Crippen molar-refractivity contribution >= 4 is 5.97 Å². The van der Waals surface area contributed by atoms with Crippen LogP contribution >= 0.6 is 0 Å². The summed E-state index contributed by atoms with van der Waals surface area (Å²) < 4.78 is 18.0. The number of nitrogens with zero attached hydrogens (tertiary/aromatic N) is 2. The summed E-state index contributed by atoms with van der Waals surface area (Å²) in [5.41, 5.74) is -1.67. The normalized spacial score (nSPS) is 24.9. The molecule has 1 aliphatic rings. The molecule has 2 rings (SSSR count). The number of hydrogen-bond donors (Lipinski definition) is 0. The third kappa shape index (κ3) is 2.72. The number of azo groups is 1. The van der Waals surface area contributed by atoms with E-state index in [-0.39, 0.29) is 5.56 Å². The Labute approximate surface area is 110 Å². The van der Waals surface area contributed by atoms with Gasteiger partial charge in [0.25, 0.3) is 5.72 Å². The Morgan fingerprint density at radius 1 is 1.37 bits per heavy atom. The quantitative estimate of drug-likeness (QED) is 0.469. The molecule has 102 valence electrons. The second-order valence-electron chi connectivity index (χ2n) is 5.43. The topological polar surface area (TPSA) is 64.7 Å². The van der Waals surface area contributed by atoms with Gasteiger partial charge in [-0.2, -0.15) is 0 Å². The van der Waals surface area contributed by atoms with Gasteiger partial charge in [0, 0.05) is 25.9 Å². The van der Waals surface area contributed by atoms with Gasteiger partial charge < -0.3 is 9.94 Å². The molecule has 0 spiro atoms. The Morgan fingerprint density at radius 2 is 1.95 bits per heavy atom. The fourth-order valence-electron chi connectivity index (χ4n) is 2.13. The van der Waals surface area contributed by atoms with Gasteiger partial charge in [0.15, 0.2) is 5.54 Å². The molecule has 1 aliphatic heterocycles. The average Bonchev–Trinajstić information content (AvgIpc) is 2.47. The number of benzene rings is 1. The summed E-state index contributed by atoms with van der Waals surface area (Å²) in [6, 6.07) is 5.01. The second-order valence-corrected chi connectivity index (χ2v) is 5.43. The fourth-order valence-corrected chi connectivity index (χ4v) is 2.13. The van der Waals surface area contributed by atoms with Gasteiger partial charge in [-0.1, -0.05) is 4.86 Å². The summed E-state index contributed by atoms with van der Waals surface area (Å²) in [5.74, 6) is -1.06. The molecule has 0 saturated heterocycles. The van der Waals surface area contributed by atoms with E-state index in [0.29, 0.717) is 11.3 Å². The maximum Gasteiger partial charge on any atom is 0.340 e. The molecule has 1 heterocycles. The van der Waals surface area contributed by atoms with Crippen LogP contribution in [0.4, 0.5) is 4.39 Å². The van der Waals surface area contributed by atoms with Crippen molar-refractivity contribution in [3.8, 4) is 0 Å². The predicted octanol–water partition coefficient (Wildman–Crippen LogP) is 2.84. The molecule has 1 aromatic rings. The highest BCUT2D eigenvalue weighted by atomic mass is 19.1. The first-order valence-electron chi connectivity index (χ1n) is 5.91. The molecule has 1 atom stereocenters. The standard InChI is InChI=1S/C13H15FN2O3/c1-12(2)8-13(3,15-16(12)18)19-11(17)9-4-6-10(14)7-5-9/h4-7H,8H2,1-3H3. The zero-order valence-electron chi connectivity index (χ0n) is 11.0. The van der Waals surface area contributed by atoms with E-state index in [1.165, 1.54) is 24.3 Å². The molecule has 1 aromatic carbocycles. The number of carbonyl (C=O) groups is 1. The first-order valence-corrected chi connectivity index (χ1v) is 5.91. The Balaban J connectivity index is 2.14. The van der Waals surface area contributed by atoms with E-state index in [4.69, 9.17) is 4.74 Å². The molecule has 19 heavy (non-hydrogen) atoms. The lowest BCUT2D eigenvalue weighted by molar-refractivity contribution is -0.589. The number of rotatable bonds is 2. The van der Waals surface area contributed by atoms with Crippen LogP contribution in [0.3, 0.4) is 0 Å². The lowest BCUT2D eigenvalue weighted by Crippen LogP contribution is -2.33. The first kappa shape index (κ1) is 13.5. The van der Waals surface area contributed by atoms with E-state index in [1.54, 1.807) is 20.8 Å². The highest BCUT2D eigenvalue weighted by molar-refractivity contribution is 5.89. The van der Waals surface area contributed by atoms with Crippen molar-refractivity contribution in [1.29, 1.82) is 0 Å². The largest absolute Gasteiger partial charge is 0.599 e. The van der Waals surface area contributed by atoms with Crippen LogP contribution in [0.2, 0.25) is 0 Å². The summed E-state index contributed by atoms with van der Waals surface area (Å²) in [5, 5.41) is 15.4. The fraction of sp³-hybridized carbons (Fsp3) is 0.462. The van der Waals surface area contributed by atoms with Crippen LogP contribution in [-0.2, 0) is 4.74 Å². The Bertz CT molecular complexity index is 539. The van der Waals surface area contributed by atoms with E-state index in [0.717, 1.165) is 0 Å². The van der Waals surface area contributed by atoms with E-state index in [2.05, 4.69) is 5.11 Å². The van der Waals surface area contributed by atoms with Crippen molar-refractivity contribution in [2.24, 2.45) is 5.11 Å². The van der Waals surface area contributed by atoms with Gasteiger partial charge in [0.2, 0.25) is 0 Å². The van der Waals surface area contributed by atoms with Crippen LogP contribution < -0.4 is 0 Å². The molecule has 0 fully saturated rings. The average molecular weight is 266 g/mol. The Hall–Kier alpha value is -1.98. The maximum atomic E-state index is 12.8. The molecule has 5 nitrogen and oxygen atoms in total. The summed E-state index contributed by atoms with van der Waals surface area (Å²) in [7, 11) is 0. The van der Waals surface area contributed by atoms with E-state index >= 15 is 0 Å². The van der Waals surface area contributed by atoms with Crippen LogP contribution in [-0.4, -0.2) is 22.1 Å². The summed E-state index contributed by atoms with van der Waals surface area (Å²) in [4.78, 5) is 12.5. The molecule has 0 amide bonds. The highest BCUT2D eigenvalue weighted by Crippen LogP contribution is 2.35. The van der Waals surface area contributed by atoms with Crippen LogP contribution in [0.1, 0.15) is 37.6 Å². The zero-order valence-corrected chi connectivity index (χ0v) is 11.0. The molecule has 0 N–H and O–H groups in total. The van der Waals surface area contributed by atoms with Crippen LogP contribution in [0.15, 0.2) is 29.4 Å². The lowest BCUT2D eigenvalue weighted by atomic mass is 9.97. The third-order valence-corrected chi connectivity index (χ3v) is 2.97. The number of esters is 1. The van der Waals surface area contributed by atoms with Crippen molar-refractivity contribution in [3.63, 3.8) is 0 Å². The summed E-state index contributed by atoms with van der Waals surface area (Å²) >= 11 is 0. The monoisotopic (exact) mass is 266 g/mol. The Morgan fingerprint density at radius 3 is 2.42 bits per heavy atom. The first-order chi connectivity index (χ1) is 8.72. The molecule has 1 unspecified atom stereocenters. The molecular weight excluding hydrogens is 251 g/mol. The van der Waals surface area contributed by atoms with Crippen molar-refractivity contribution in [3.05, 3.63) is 40.9 Å². The number of carbonyl (C=O) groups excluding carboxylic acids is 1. The van der Waals surface area contributed by atoms with Gasteiger partial charge in [0.1, 0.15) is 5.82 Å². The lowest BCUT2D eigenvalue weighted by Gasteiger charge is -2.19. The van der Waals surface area contributed by atoms with Crippen LogP contribution in [0.25, 0.3) is 0 Å². The minimum absolute atomic E-state index is 0.222. The number of ether oxygens (including phenoxy) is 1. The van der Waals surface area contributed by atoms with E-state index in [1.807, 2.05) is 0 Å². The van der Waals surface area contributed by atoms with Crippen molar-refractivity contribution in [2.45, 2.75) is 38.5 Å². The van der Waals surface area contributed by atoms with Gasteiger partial charge in [-0.15, -0.1) is 0 Å². The highest BCUT2D eigenvalue weighted by Gasteiger charge is 2.50. The van der Waals surface area contributed by atoms with Crippen molar-refractivity contribution < 1.29 is 18.8 Å². The molecular formula is C13H15FN2O3. The maximum absolute atomic E-state index is 12.8. The third-order valence-electron chi connectivity index (χ3n) is 2.97. The van der Waals surface area contributed by atoms with Gasteiger partial charge in [0.05, 0.1) is 12.0 Å². The number of hydroxylamine groups is 1. The van der Waals surface area contributed by atoms with Gasteiger partial charge in [-0.25, -0.2) is 9.18 Å². The zero-order chi connectivity index (χ0) is 14.3. The molecule has 0 aliphatic carbocycles. The minimum Gasteiger partial charge on any atom is -0.599 e. The molecule has 0 radical (unpaired) electrons. The SMILES string of the molecule is CC1(OC(=O)c2ccc(F)cc2)CC(C)(C)[N+]([O-])=N1. The van der Waals surface area contributed by atoms with E-state index in [9.17, 15) is 14.4 Å². The molecule has 0 bridgehead atoms. The Kier molecular flexibility index (Phi) is 3.04. The van der Waals surface area contributed by atoms with Gasteiger partial charge >= 0.3 is 5.97 Å². The van der Waals surface area contributed by atoms with Crippen LogP contribution in [0.5, 0.6) is 0 Å². The second kappa shape index (κ2) is 4.29. The van der Waals surface area contributed by atoms with Crippen LogP contribution in [0, 0.1) is 11.0 Å². The predicted molar refractivity (Wildman–Crippen MR) is 65.0 cm³/mol. The summed E-state index contributed by atoms with van der Waals surface area (Å²) in [6.07, 6.45) is 0.302. The number of halogens is 1. The van der Waals surface area contributed by atoms with Gasteiger partial charge in [-0.3, -0.25) is 0 Å². The van der Waals surface area contributed by atoms with Crippen molar-refractivity contribution in [1.82, 2.24) is 0 Å². The van der Waals surface area contributed by atoms with E-state index < -0.39 is 23.1 Å². The van der Waals surface area contributed by atoms with Gasteiger partial charge in [-0.05, 0) is 24.3 Å². The number of hydrogen-bond acceptors (Lipinski definition) is 4. The molecule has 0 saturated carbocycles. The van der Waals surface area contributed by atoms with Crippen molar-refractivity contribution in [2.75, 3.05) is 0 Å². The molecule has 6 heteroatoms. The minimum atomic E-state index is -1.18. The summed E-state index contributed by atoms with van der Waals surface area (Å²) in [6.45, 7) is 5.02.